The number of aromatic amines is 1. The molecule has 0 aliphatic rings. The Bertz CT molecular complexity index is 1290. The average Bonchev–Trinajstić information content (AvgIpc) is 3.41. The molecule has 0 radical (unpaired) electrons. The SMILES string of the molecule is C[C@@](O)(c1cccc(-c2csc(-c3c[nH]c4ncccc34)n2)c1)c1ccccn1. The van der Waals surface area contributed by atoms with Crippen LogP contribution in [0.15, 0.2) is 78.6 Å². The van der Waals surface area contributed by atoms with Gasteiger partial charge in [-0.25, -0.2) is 9.97 Å². The van der Waals surface area contributed by atoms with E-state index in [0.717, 1.165) is 38.4 Å². The maximum Gasteiger partial charge on any atom is 0.137 e. The summed E-state index contributed by atoms with van der Waals surface area (Å²) in [5.74, 6) is 0. The first kappa shape index (κ1) is 17.7. The molecule has 5 rings (SSSR count). The zero-order chi connectivity index (χ0) is 19.8. The first-order valence-electron chi connectivity index (χ1n) is 9.26. The zero-order valence-corrected chi connectivity index (χ0v) is 16.5. The highest BCUT2D eigenvalue weighted by atomic mass is 32.1. The third kappa shape index (κ3) is 3.12. The van der Waals surface area contributed by atoms with Crippen molar-refractivity contribution >= 4 is 22.4 Å². The number of thiazole rings is 1. The van der Waals surface area contributed by atoms with E-state index in [9.17, 15) is 5.11 Å². The van der Waals surface area contributed by atoms with E-state index in [0.29, 0.717) is 5.69 Å². The number of rotatable bonds is 4. The van der Waals surface area contributed by atoms with Gasteiger partial charge in [0.1, 0.15) is 16.3 Å². The van der Waals surface area contributed by atoms with Crippen LogP contribution < -0.4 is 0 Å². The molecule has 1 aromatic carbocycles. The van der Waals surface area contributed by atoms with E-state index in [4.69, 9.17) is 4.98 Å². The van der Waals surface area contributed by atoms with Gasteiger partial charge in [0.25, 0.3) is 0 Å². The number of aromatic nitrogens is 4. The van der Waals surface area contributed by atoms with Crippen molar-refractivity contribution in [3.05, 3.63) is 89.8 Å². The van der Waals surface area contributed by atoms with E-state index >= 15 is 0 Å². The number of hydrogen-bond acceptors (Lipinski definition) is 5. The van der Waals surface area contributed by atoms with Crippen LogP contribution in [-0.4, -0.2) is 25.0 Å². The van der Waals surface area contributed by atoms with Crippen LogP contribution in [0.4, 0.5) is 0 Å². The number of fused-ring (bicyclic) bond motifs is 1. The van der Waals surface area contributed by atoms with E-state index in [1.807, 2.05) is 66.2 Å². The number of hydrogen-bond donors (Lipinski definition) is 2. The summed E-state index contributed by atoms with van der Waals surface area (Å²) in [7, 11) is 0. The maximum absolute atomic E-state index is 11.1. The van der Waals surface area contributed by atoms with E-state index in [-0.39, 0.29) is 0 Å². The fraction of sp³-hybridized carbons (Fsp3) is 0.0870. The number of nitrogens with zero attached hydrogens (tertiary/aromatic N) is 3. The second-order valence-electron chi connectivity index (χ2n) is 7.01. The van der Waals surface area contributed by atoms with Crippen LogP contribution >= 0.6 is 11.3 Å². The van der Waals surface area contributed by atoms with Crippen molar-refractivity contribution < 1.29 is 5.11 Å². The van der Waals surface area contributed by atoms with Crippen LogP contribution in [-0.2, 0) is 5.60 Å². The predicted molar refractivity (Wildman–Crippen MR) is 116 cm³/mol. The highest BCUT2D eigenvalue weighted by Gasteiger charge is 2.27. The Morgan fingerprint density at radius 3 is 2.76 bits per heavy atom. The van der Waals surface area contributed by atoms with Gasteiger partial charge in [-0.1, -0.05) is 24.3 Å². The summed E-state index contributed by atoms with van der Waals surface area (Å²) in [5, 5.41) is 15.1. The topological polar surface area (TPSA) is 74.7 Å². The van der Waals surface area contributed by atoms with E-state index in [2.05, 4.69) is 15.0 Å². The molecule has 0 aliphatic carbocycles. The van der Waals surface area contributed by atoms with Crippen molar-refractivity contribution in [2.75, 3.05) is 0 Å². The second kappa shape index (κ2) is 6.92. The van der Waals surface area contributed by atoms with Gasteiger partial charge in [0.2, 0.25) is 0 Å². The monoisotopic (exact) mass is 398 g/mol. The summed E-state index contributed by atoms with van der Waals surface area (Å²) in [4.78, 5) is 16.7. The summed E-state index contributed by atoms with van der Waals surface area (Å²) in [6.07, 6.45) is 5.41. The lowest BCUT2D eigenvalue weighted by molar-refractivity contribution is 0.0974. The van der Waals surface area contributed by atoms with Crippen molar-refractivity contribution in [1.29, 1.82) is 0 Å². The Labute approximate surface area is 171 Å². The van der Waals surface area contributed by atoms with Crippen molar-refractivity contribution in [1.82, 2.24) is 19.9 Å². The van der Waals surface area contributed by atoms with Gasteiger partial charge < -0.3 is 10.1 Å². The Hall–Kier alpha value is -3.35. The summed E-state index contributed by atoms with van der Waals surface area (Å²) in [5.41, 5.74) is 3.94. The van der Waals surface area contributed by atoms with E-state index in [1.54, 1.807) is 30.7 Å². The average molecular weight is 398 g/mol. The molecule has 6 heteroatoms. The van der Waals surface area contributed by atoms with Gasteiger partial charge in [0.05, 0.1) is 11.4 Å². The highest BCUT2D eigenvalue weighted by Crippen LogP contribution is 2.35. The zero-order valence-electron chi connectivity index (χ0n) is 15.7. The van der Waals surface area contributed by atoms with Crippen molar-refractivity contribution in [2.45, 2.75) is 12.5 Å². The molecular weight excluding hydrogens is 380 g/mol. The first-order valence-corrected chi connectivity index (χ1v) is 10.1. The van der Waals surface area contributed by atoms with Gasteiger partial charge >= 0.3 is 0 Å². The molecule has 1 atom stereocenters. The molecule has 142 valence electrons. The number of aliphatic hydroxyl groups is 1. The van der Waals surface area contributed by atoms with E-state index < -0.39 is 5.60 Å². The highest BCUT2D eigenvalue weighted by molar-refractivity contribution is 7.13. The summed E-state index contributed by atoms with van der Waals surface area (Å²) in [6.45, 7) is 1.76. The number of H-pyrrole nitrogens is 1. The fourth-order valence-corrected chi connectivity index (χ4v) is 4.30. The molecule has 0 unspecified atom stereocenters. The molecule has 29 heavy (non-hydrogen) atoms. The Balaban J connectivity index is 1.52. The Morgan fingerprint density at radius 1 is 1.00 bits per heavy atom. The van der Waals surface area contributed by atoms with Crippen LogP contribution in [0.25, 0.3) is 32.9 Å². The van der Waals surface area contributed by atoms with Gasteiger partial charge in [-0.3, -0.25) is 4.98 Å². The Kier molecular flexibility index (Phi) is 4.23. The number of nitrogens with one attached hydrogen (secondary N) is 1. The van der Waals surface area contributed by atoms with Gasteiger partial charge in [0, 0.05) is 40.5 Å². The Morgan fingerprint density at radius 2 is 1.90 bits per heavy atom. The molecule has 2 N–H and O–H groups in total. The van der Waals surface area contributed by atoms with E-state index in [1.165, 1.54) is 0 Å². The van der Waals surface area contributed by atoms with Crippen LogP contribution in [0.2, 0.25) is 0 Å². The molecule has 0 bridgehead atoms. The number of benzene rings is 1. The van der Waals surface area contributed by atoms with Crippen LogP contribution in [0.1, 0.15) is 18.2 Å². The molecule has 0 aliphatic heterocycles. The van der Waals surface area contributed by atoms with Gasteiger partial charge in [-0.15, -0.1) is 11.3 Å². The molecule has 5 nitrogen and oxygen atoms in total. The molecular formula is C23H18N4OS. The molecule has 4 heterocycles. The summed E-state index contributed by atoms with van der Waals surface area (Å²) in [6, 6.07) is 17.4. The first-order chi connectivity index (χ1) is 14.1. The second-order valence-corrected chi connectivity index (χ2v) is 7.87. The predicted octanol–water partition coefficient (Wildman–Crippen LogP) is 5.00. The minimum absolute atomic E-state index is 0.613. The van der Waals surface area contributed by atoms with Crippen molar-refractivity contribution in [3.63, 3.8) is 0 Å². The minimum atomic E-state index is -1.18. The van der Waals surface area contributed by atoms with Crippen LogP contribution in [0, 0.1) is 0 Å². The number of pyridine rings is 2. The lowest BCUT2D eigenvalue weighted by Crippen LogP contribution is -2.24. The molecule has 0 spiro atoms. The largest absolute Gasteiger partial charge is 0.379 e. The normalized spacial score (nSPS) is 13.4. The van der Waals surface area contributed by atoms with Gasteiger partial charge in [-0.2, -0.15) is 0 Å². The summed E-state index contributed by atoms with van der Waals surface area (Å²) >= 11 is 1.59. The molecule has 5 aromatic rings. The molecule has 4 aromatic heterocycles. The summed E-state index contributed by atoms with van der Waals surface area (Å²) < 4.78 is 0. The third-order valence-electron chi connectivity index (χ3n) is 5.07. The molecule has 0 fully saturated rings. The smallest absolute Gasteiger partial charge is 0.137 e. The lowest BCUT2D eigenvalue weighted by Gasteiger charge is -2.23. The minimum Gasteiger partial charge on any atom is -0.379 e. The van der Waals surface area contributed by atoms with Gasteiger partial charge in [0.15, 0.2) is 0 Å². The fourth-order valence-electron chi connectivity index (χ4n) is 3.44. The molecule has 0 saturated carbocycles. The van der Waals surface area contributed by atoms with Gasteiger partial charge in [-0.05, 0) is 42.8 Å². The standard InChI is InChI=1S/C23H18N4OS/c1-23(28,20-9-2-3-10-24-20)16-7-4-6-15(12-16)19-14-29-22(27-19)18-13-26-21-17(18)8-5-11-25-21/h2-14,28H,1H3,(H,25,26)/t23-/m1/s1. The third-order valence-corrected chi connectivity index (χ3v) is 5.95. The lowest BCUT2D eigenvalue weighted by atomic mass is 9.90. The van der Waals surface area contributed by atoms with Crippen LogP contribution in [0.5, 0.6) is 0 Å². The maximum atomic E-state index is 11.1. The van der Waals surface area contributed by atoms with Crippen molar-refractivity contribution in [3.8, 4) is 21.8 Å². The van der Waals surface area contributed by atoms with Crippen molar-refractivity contribution in [2.24, 2.45) is 0 Å². The molecule has 0 amide bonds. The quantitative estimate of drug-likeness (QED) is 0.446. The molecule has 0 saturated heterocycles. The van der Waals surface area contributed by atoms with Crippen LogP contribution in [0.3, 0.4) is 0 Å².